The number of carbonyl (C=O) groups is 1. The second-order valence-electron chi connectivity index (χ2n) is 8.05. The van der Waals surface area contributed by atoms with Gasteiger partial charge in [0.2, 0.25) is 5.91 Å². The molecule has 160 valence electrons. The molecule has 1 amide bonds. The lowest BCUT2D eigenvalue weighted by molar-refractivity contribution is -0.133. The van der Waals surface area contributed by atoms with E-state index in [1.165, 1.54) is 12.1 Å². The maximum Gasteiger partial charge on any atom is 0.222 e. The quantitative estimate of drug-likeness (QED) is 0.808. The molecule has 0 radical (unpaired) electrons. The van der Waals surface area contributed by atoms with Crippen molar-refractivity contribution in [2.75, 3.05) is 26.3 Å². The fourth-order valence-corrected chi connectivity index (χ4v) is 4.17. The van der Waals surface area contributed by atoms with Crippen molar-refractivity contribution in [1.82, 2.24) is 4.90 Å². The van der Waals surface area contributed by atoms with Crippen LogP contribution in [0.4, 0.5) is 4.39 Å². The number of aryl methyl sites for hydroxylation is 1. The van der Waals surface area contributed by atoms with E-state index in [9.17, 15) is 14.3 Å². The first-order chi connectivity index (χ1) is 14.6. The van der Waals surface area contributed by atoms with Gasteiger partial charge in [-0.1, -0.05) is 18.2 Å². The van der Waals surface area contributed by atoms with Crippen LogP contribution in [0.2, 0.25) is 0 Å². The number of ether oxygens (including phenoxy) is 2. The lowest BCUT2D eigenvalue weighted by Crippen LogP contribution is -2.39. The predicted octanol–water partition coefficient (Wildman–Crippen LogP) is 3.89. The van der Waals surface area contributed by atoms with Gasteiger partial charge in [-0.2, -0.15) is 0 Å². The van der Waals surface area contributed by atoms with E-state index in [-0.39, 0.29) is 17.6 Å². The Bertz CT molecular complexity index is 862. The highest BCUT2D eigenvalue weighted by atomic mass is 19.1. The highest BCUT2D eigenvalue weighted by Gasteiger charge is 2.28. The van der Waals surface area contributed by atoms with E-state index in [1.807, 2.05) is 23.1 Å². The Labute approximate surface area is 176 Å². The molecular weight excluding hydrogens is 385 g/mol. The van der Waals surface area contributed by atoms with Crippen molar-refractivity contribution in [3.63, 3.8) is 0 Å². The summed E-state index contributed by atoms with van der Waals surface area (Å²) in [5.74, 6) is 1.44. The van der Waals surface area contributed by atoms with Crippen molar-refractivity contribution in [3.05, 3.63) is 59.4 Å². The number of piperidine rings is 1. The number of halogens is 1. The molecule has 6 heteroatoms. The van der Waals surface area contributed by atoms with Gasteiger partial charge in [-0.05, 0) is 60.6 Å². The first-order valence-corrected chi connectivity index (χ1v) is 10.7. The molecule has 1 fully saturated rings. The molecule has 1 saturated heterocycles. The molecular formula is C24H28FNO4. The highest BCUT2D eigenvalue weighted by Crippen LogP contribution is 2.32. The second kappa shape index (κ2) is 9.47. The summed E-state index contributed by atoms with van der Waals surface area (Å²) in [6, 6.07) is 11.9. The van der Waals surface area contributed by atoms with Crippen molar-refractivity contribution < 1.29 is 23.8 Å². The molecule has 1 N–H and O–H groups in total. The molecule has 2 aromatic rings. The minimum absolute atomic E-state index is 0.0845. The normalized spacial score (nSPS) is 18.0. The van der Waals surface area contributed by atoms with Gasteiger partial charge in [0.05, 0.1) is 19.3 Å². The Morgan fingerprint density at radius 1 is 1.07 bits per heavy atom. The lowest BCUT2D eigenvalue weighted by atomic mass is 9.87. The van der Waals surface area contributed by atoms with Crippen LogP contribution < -0.4 is 9.47 Å². The standard InChI is InChI=1S/C24H28FNO4/c25-20-6-4-18(5-7-20)24(28)19-10-12-26(13-11-19)23(27)9-3-17-2-8-21-22(16-17)30-15-1-14-29-21/h2,4-8,16,19,24,28H,1,3,9-15H2. The third kappa shape index (κ3) is 4.93. The molecule has 2 aliphatic heterocycles. The average molecular weight is 413 g/mol. The number of hydrogen-bond donors (Lipinski definition) is 1. The fraction of sp³-hybridized carbons (Fsp3) is 0.458. The van der Waals surface area contributed by atoms with E-state index in [2.05, 4.69) is 0 Å². The third-order valence-electron chi connectivity index (χ3n) is 5.99. The molecule has 5 nitrogen and oxygen atoms in total. The molecule has 2 aromatic carbocycles. The van der Waals surface area contributed by atoms with Crippen LogP contribution in [0.3, 0.4) is 0 Å². The van der Waals surface area contributed by atoms with Gasteiger partial charge in [0, 0.05) is 25.9 Å². The molecule has 0 aromatic heterocycles. The van der Waals surface area contributed by atoms with Crippen LogP contribution in [-0.4, -0.2) is 42.2 Å². The summed E-state index contributed by atoms with van der Waals surface area (Å²) >= 11 is 0. The lowest BCUT2D eigenvalue weighted by Gasteiger charge is -2.34. The van der Waals surface area contributed by atoms with Crippen LogP contribution in [0.5, 0.6) is 11.5 Å². The first-order valence-electron chi connectivity index (χ1n) is 10.7. The van der Waals surface area contributed by atoms with Crippen LogP contribution >= 0.6 is 0 Å². The molecule has 0 saturated carbocycles. The number of aliphatic hydroxyl groups is 1. The zero-order chi connectivity index (χ0) is 20.9. The van der Waals surface area contributed by atoms with Crippen molar-refractivity contribution in [1.29, 1.82) is 0 Å². The van der Waals surface area contributed by atoms with E-state index in [0.717, 1.165) is 41.9 Å². The fourth-order valence-electron chi connectivity index (χ4n) is 4.17. The van der Waals surface area contributed by atoms with Gasteiger partial charge in [0.15, 0.2) is 11.5 Å². The van der Waals surface area contributed by atoms with Crippen LogP contribution in [0.15, 0.2) is 42.5 Å². The van der Waals surface area contributed by atoms with Gasteiger partial charge in [-0.25, -0.2) is 4.39 Å². The zero-order valence-corrected chi connectivity index (χ0v) is 17.1. The van der Waals surface area contributed by atoms with Crippen molar-refractivity contribution in [2.24, 2.45) is 5.92 Å². The average Bonchev–Trinajstić information content (AvgIpc) is 3.02. The summed E-state index contributed by atoms with van der Waals surface area (Å²) < 4.78 is 24.5. The van der Waals surface area contributed by atoms with Gasteiger partial charge >= 0.3 is 0 Å². The van der Waals surface area contributed by atoms with E-state index in [4.69, 9.17) is 9.47 Å². The number of fused-ring (bicyclic) bond motifs is 1. The molecule has 4 rings (SSSR count). The van der Waals surface area contributed by atoms with Gasteiger partial charge < -0.3 is 19.5 Å². The summed E-state index contributed by atoms with van der Waals surface area (Å²) in [5.41, 5.74) is 1.80. The van der Waals surface area contributed by atoms with Gasteiger partial charge in [0.25, 0.3) is 0 Å². The largest absolute Gasteiger partial charge is 0.490 e. The Morgan fingerprint density at radius 2 is 1.77 bits per heavy atom. The van der Waals surface area contributed by atoms with E-state index in [0.29, 0.717) is 39.1 Å². The number of amides is 1. The van der Waals surface area contributed by atoms with E-state index >= 15 is 0 Å². The summed E-state index contributed by atoms with van der Waals surface area (Å²) in [6.45, 7) is 2.59. The number of nitrogens with zero attached hydrogens (tertiary/aromatic N) is 1. The number of benzene rings is 2. The summed E-state index contributed by atoms with van der Waals surface area (Å²) in [6.07, 6.45) is 2.85. The van der Waals surface area contributed by atoms with Crippen LogP contribution in [0.25, 0.3) is 0 Å². The molecule has 1 atom stereocenters. The molecule has 0 bridgehead atoms. The third-order valence-corrected chi connectivity index (χ3v) is 5.99. The molecule has 0 aliphatic carbocycles. The molecule has 2 heterocycles. The molecule has 30 heavy (non-hydrogen) atoms. The SMILES string of the molecule is O=C(CCc1ccc2c(c1)OCCCO2)N1CCC(C(O)c2ccc(F)cc2)CC1. The summed E-state index contributed by atoms with van der Waals surface area (Å²) in [5, 5.41) is 10.6. The molecule has 2 aliphatic rings. The number of likely N-dealkylation sites (tertiary alicyclic amines) is 1. The first kappa shape index (κ1) is 20.7. The van der Waals surface area contributed by atoms with Gasteiger partial charge in [-0.3, -0.25) is 4.79 Å². The molecule has 0 spiro atoms. The minimum Gasteiger partial charge on any atom is -0.490 e. The van der Waals surface area contributed by atoms with Crippen molar-refractivity contribution in [3.8, 4) is 11.5 Å². The van der Waals surface area contributed by atoms with Gasteiger partial charge in [0.1, 0.15) is 5.82 Å². The van der Waals surface area contributed by atoms with Crippen LogP contribution in [-0.2, 0) is 11.2 Å². The number of aliphatic hydroxyl groups excluding tert-OH is 1. The topological polar surface area (TPSA) is 59.0 Å². The smallest absolute Gasteiger partial charge is 0.222 e. The molecule has 1 unspecified atom stereocenters. The summed E-state index contributed by atoms with van der Waals surface area (Å²) in [4.78, 5) is 14.6. The Hall–Kier alpha value is -2.60. The van der Waals surface area contributed by atoms with Crippen molar-refractivity contribution in [2.45, 2.75) is 38.2 Å². The number of rotatable bonds is 5. The minimum atomic E-state index is -0.621. The Balaban J connectivity index is 1.26. The van der Waals surface area contributed by atoms with Crippen LogP contribution in [0.1, 0.15) is 42.9 Å². The number of hydrogen-bond acceptors (Lipinski definition) is 4. The highest BCUT2D eigenvalue weighted by molar-refractivity contribution is 5.76. The second-order valence-corrected chi connectivity index (χ2v) is 8.05. The Kier molecular flexibility index (Phi) is 6.53. The monoisotopic (exact) mass is 413 g/mol. The number of carbonyl (C=O) groups excluding carboxylic acids is 1. The Morgan fingerprint density at radius 3 is 2.50 bits per heavy atom. The van der Waals surface area contributed by atoms with E-state index < -0.39 is 6.10 Å². The maximum absolute atomic E-state index is 13.1. The summed E-state index contributed by atoms with van der Waals surface area (Å²) in [7, 11) is 0. The maximum atomic E-state index is 13.1. The van der Waals surface area contributed by atoms with Crippen molar-refractivity contribution >= 4 is 5.91 Å². The van der Waals surface area contributed by atoms with Crippen LogP contribution in [0, 0.1) is 11.7 Å². The van der Waals surface area contributed by atoms with Gasteiger partial charge in [-0.15, -0.1) is 0 Å². The predicted molar refractivity (Wildman–Crippen MR) is 111 cm³/mol. The van der Waals surface area contributed by atoms with E-state index in [1.54, 1.807) is 12.1 Å². The zero-order valence-electron chi connectivity index (χ0n) is 17.1.